The molecule has 3 aromatic rings. The lowest BCUT2D eigenvalue weighted by Gasteiger charge is -2.22. The van der Waals surface area contributed by atoms with Crippen LogP contribution < -0.4 is 14.2 Å². The van der Waals surface area contributed by atoms with Crippen molar-refractivity contribution in [1.82, 2.24) is 9.88 Å². The Bertz CT molecular complexity index is 1070. The molecule has 1 heterocycles. The van der Waals surface area contributed by atoms with Gasteiger partial charge in [0.1, 0.15) is 15.6 Å². The summed E-state index contributed by atoms with van der Waals surface area (Å²) < 4.78 is 16.0. The monoisotopic (exact) mass is 438 g/mol. The van der Waals surface area contributed by atoms with Crippen LogP contribution in [0, 0.1) is 6.92 Å². The highest BCUT2D eigenvalue weighted by atomic mass is 32.1. The molecule has 0 unspecified atom stereocenters. The van der Waals surface area contributed by atoms with Crippen molar-refractivity contribution in [1.29, 1.82) is 0 Å². The number of thiazole rings is 1. The summed E-state index contributed by atoms with van der Waals surface area (Å²) in [6.07, 6.45) is 2.09. The van der Waals surface area contributed by atoms with E-state index in [1.165, 1.54) is 11.3 Å². The number of aryl methyl sites for hydroxylation is 1. The number of carbonyl (C=O) groups excluding carboxylic acids is 1. The Balaban J connectivity index is 1.59. The van der Waals surface area contributed by atoms with Gasteiger partial charge in [-0.25, -0.2) is 4.98 Å². The minimum absolute atomic E-state index is 0.0417. The Morgan fingerprint density at radius 2 is 1.74 bits per heavy atom. The first-order valence-corrected chi connectivity index (χ1v) is 11.0. The molecule has 6 nitrogen and oxygen atoms in total. The van der Waals surface area contributed by atoms with Gasteiger partial charge in [0.15, 0.2) is 11.5 Å². The maximum Gasteiger partial charge on any atom is 0.266 e. The van der Waals surface area contributed by atoms with Crippen molar-refractivity contribution in [2.75, 3.05) is 21.3 Å². The van der Waals surface area contributed by atoms with Crippen molar-refractivity contribution in [2.24, 2.45) is 0 Å². The van der Waals surface area contributed by atoms with Crippen LogP contribution in [0.3, 0.4) is 0 Å². The average Bonchev–Trinajstić information content (AvgIpc) is 3.57. The average molecular weight is 439 g/mol. The Labute approximate surface area is 186 Å². The van der Waals surface area contributed by atoms with Crippen LogP contribution in [0.15, 0.2) is 42.5 Å². The zero-order valence-corrected chi connectivity index (χ0v) is 19.0. The van der Waals surface area contributed by atoms with Crippen molar-refractivity contribution < 1.29 is 19.0 Å². The molecule has 4 rings (SSSR count). The number of ether oxygens (including phenoxy) is 3. The number of benzene rings is 2. The molecule has 0 saturated heterocycles. The van der Waals surface area contributed by atoms with Crippen LogP contribution in [0.1, 0.15) is 33.8 Å². The highest BCUT2D eigenvalue weighted by molar-refractivity contribution is 7.17. The zero-order chi connectivity index (χ0) is 22.0. The fourth-order valence-corrected chi connectivity index (χ4v) is 4.52. The second-order valence-corrected chi connectivity index (χ2v) is 8.51. The number of rotatable bonds is 8. The van der Waals surface area contributed by atoms with Crippen LogP contribution in [-0.2, 0) is 6.54 Å². The molecule has 1 fully saturated rings. The van der Waals surface area contributed by atoms with Crippen LogP contribution in [0.2, 0.25) is 0 Å². The number of carbonyl (C=O) groups is 1. The molecule has 1 amide bonds. The summed E-state index contributed by atoms with van der Waals surface area (Å²) in [4.78, 5) is 20.8. The Morgan fingerprint density at radius 1 is 1.03 bits per heavy atom. The minimum Gasteiger partial charge on any atom is -0.497 e. The molecule has 0 radical (unpaired) electrons. The van der Waals surface area contributed by atoms with Crippen molar-refractivity contribution in [3.05, 3.63) is 58.6 Å². The van der Waals surface area contributed by atoms with E-state index in [0.717, 1.165) is 40.4 Å². The third kappa shape index (κ3) is 4.51. The van der Waals surface area contributed by atoms with E-state index >= 15 is 0 Å². The predicted octanol–water partition coefficient (Wildman–Crippen LogP) is 4.95. The molecule has 0 atom stereocenters. The predicted molar refractivity (Wildman–Crippen MR) is 121 cm³/mol. The summed E-state index contributed by atoms with van der Waals surface area (Å²) in [5.74, 6) is 2.15. The lowest BCUT2D eigenvalue weighted by atomic mass is 10.2. The lowest BCUT2D eigenvalue weighted by molar-refractivity contribution is 0.0734. The number of methoxy groups -OCH3 is 3. The number of nitrogens with zero attached hydrogens (tertiary/aromatic N) is 2. The highest BCUT2D eigenvalue weighted by Crippen LogP contribution is 2.37. The molecule has 0 spiro atoms. The topological polar surface area (TPSA) is 60.9 Å². The Kier molecular flexibility index (Phi) is 6.13. The quantitative estimate of drug-likeness (QED) is 0.498. The maximum absolute atomic E-state index is 13.5. The van der Waals surface area contributed by atoms with Gasteiger partial charge >= 0.3 is 0 Å². The summed E-state index contributed by atoms with van der Waals surface area (Å²) in [6, 6.07) is 13.8. The number of amides is 1. The van der Waals surface area contributed by atoms with Crippen LogP contribution in [0.4, 0.5) is 0 Å². The van der Waals surface area contributed by atoms with Gasteiger partial charge in [0.05, 0.1) is 27.0 Å². The minimum atomic E-state index is 0.0417. The van der Waals surface area contributed by atoms with Crippen molar-refractivity contribution in [3.8, 4) is 27.8 Å². The fourth-order valence-electron chi connectivity index (χ4n) is 3.50. The number of aromatic nitrogens is 1. The van der Waals surface area contributed by atoms with E-state index in [9.17, 15) is 4.79 Å². The molecule has 0 aliphatic heterocycles. The number of hydrogen-bond acceptors (Lipinski definition) is 6. The molecule has 7 heteroatoms. The third-order valence-electron chi connectivity index (χ3n) is 5.38. The highest BCUT2D eigenvalue weighted by Gasteiger charge is 2.34. The molecule has 1 aliphatic rings. The van der Waals surface area contributed by atoms with Gasteiger partial charge in [-0.1, -0.05) is 12.1 Å². The zero-order valence-electron chi connectivity index (χ0n) is 18.2. The summed E-state index contributed by atoms with van der Waals surface area (Å²) >= 11 is 1.42. The summed E-state index contributed by atoms with van der Waals surface area (Å²) in [6.45, 7) is 2.48. The van der Waals surface area contributed by atoms with E-state index in [1.807, 2.05) is 54.3 Å². The second kappa shape index (κ2) is 8.98. The molecule has 31 heavy (non-hydrogen) atoms. The van der Waals surface area contributed by atoms with E-state index in [1.54, 1.807) is 21.3 Å². The maximum atomic E-state index is 13.5. The van der Waals surface area contributed by atoms with Gasteiger partial charge in [0.25, 0.3) is 5.91 Å². The summed E-state index contributed by atoms with van der Waals surface area (Å²) in [5, 5.41) is 0.794. The van der Waals surface area contributed by atoms with Crippen LogP contribution in [-0.4, -0.2) is 43.2 Å². The second-order valence-electron chi connectivity index (χ2n) is 7.52. The standard InChI is InChI=1S/C24H26N2O4S/c1-15-22(31-23(25-15)17-7-12-20(29-3)21(13-17)30-4)24(27)26(18-8-9-18)14-16-5-10-19(28-2)11-6-16/h5-7,10-13,18H,8-9,14H2,1-4H3. The van der Waals surface area contributed by atoms with E-state index in [0.29, 0.717) is 29.0 Å². The van der Waals surface area contributed by atoms with E-state index in [2.05, 4.69) is 4.98 Å². The molecular weight excluding hydrogens is 412 g/mol. The van der Waals surface area contributed by atoms with Crippen molar-refractivity contribution in [2.45, 2.75) is 32.4 Å². The van der Waals surface area contributed by atoms with E-state index in [4.69, 9.17) is 14.2 Å². The first-order chi connectivity index (χ1) is 15.0. The normalized spacial score (nSPS) is 13.0. The third-order valence-corrected chi connectivity index (χ3v) is 6.58. The van der Waals surface area contributed by atoms with Crippen LogP contribution >= 0.6 is 11.3 Å². The van der Waals surface area contributed by atoms with Crippen molar-refractivity contribution >= 4 is 17.2 Å². The molecule has 162 valence electrons. The van der Waals surface area contributed by atoms with Gasteiger partial charge in [-0.3, -0.25) is 4.79 Å². The molecule has 1 aliphatic carbocycles. The van der Waals surface area contributed by atoms with Crippen LogP contribution in [0.5, 0.6) is 17.2 Å². The van der Waals surface area contributed by atoms with Gasteiger partial charge in [-0.05, 0) is 55.7 Å². The van der Waals surface area contributed by atoms with Gasteiger partial charge in [-0.15, -0.1) is 11.3 Å². The fraction of sp³-hybridized carbons (Fsp3) is 0.333. The molecule has 0 N–H and O–H groups in total. The lowest BCUT2D eigenvalue weighted by Crippen LogP contribution is -2.32. The molecule has 2 aromatic carbocycles. The molecule has 1 saturated carbocycles. The van der Waals surface area contributed by atoms with E-state index < -0.39 is 0 Å². The molecule has 0 bridgehead atoms. The summed E-state index contributed by atoms with van der Waals surface area (Å²) in [5.41, 5.74) is 2.74. The largest absolute Gasteiger partial charge is 0.497 e. The van der Waals surface area contributed by atoms with Crippen molar-refractivity contribution in [3.63, 3.8) is 0 Å². The van der Waals surface area contributed by atoms with Gasteiger partial charge in [0.2, 0.25) is 0 Å². The Hall–Kier alpha value is -3.06. The number of hydrogen-bond donors (Lipinski definition) is 0. The van der Waals surface area contributed by atoms with E-state index in [-0.39, 0.29) is 5.91 Å². The molecular formula is C24H26N2O4S. The molecule has 1 aromatic heterocycles. The summed E-state index contributed by atoms with van der Waals surface area (Å²) in [7, 11) is 4.87. The SMILES string of the molecule is COc1ccc(CN(C(=O)c2sc(-c3ccc(OC)c(OC)c3)nc2C)C2CC2)cc1. The smallest absolute Gasteiger partial charge is 0.266 e. The Morgan fingerprint density at radius 3 is 2.35 bits per heavy atom. The van der Waals surface area contributed by atoms with Gasteiger partial charge in [-0.2, -0.15) is 0 Å². The van der Waals surface area contributed by atoms with Gasteiger partial charge < -0.3 is 19.1 Å². The van der Waals surface area contributed by atoms with Crippen LogP contribution in [0.25, 0.3) is 10.6 Å². The van der Waals surface area contributed by atoms with Gasteiger partial charge in [0, 0.05) is 18.2 Å². The first-order valence-electron chi connectivity index (χ1n) is 10.2. The first kappa shape index (κ1) is 21.2.